The first kappa shape index (κ1) is 46.7. The zero-order valence-electron chi connectivity index (χ0n) is 38.1. The molecular formula is C48H70N8O6. The summed E-state index contributed by atoms with van der Waals surface area (Å²) in [4.78, 5) is 84.9. The highest BCUT2D eigenvalue weighted by Gasteiger charge is 2.42. The summed E-state index contributed by atoms with van der Waals surface area (Å²) in [5.74, 6) is -1.58. The largest absolute Gasteiger partial charge is 0.347 e. The number of hydrogen-bond acceptors (Lipinski definition) is 8. The van der Waals surface area contributed by atoms with Gasteiger partial charge in [-0.05, 0) is 137 Å². The first-order valence-corrected chi connectivity index (χ1v) is 23.1. The molecule has 2 aromatic rings. The van der Waals surface area contributed by atoms with Crippen molar-refractivity contribution in [3.63, 3.8) is 0 Å². The fourth-order valence-electron chi connectivity index (χ4n) is 9.85. The number of nitrogens with one attached hydrogen (secondary N) is 6. The average molecular weight is 855 g/mol. The maximum absolute atomic E-state index is 14.1. The zero-order valence-corrected chi connectivity index (χ0v) is 38.1. The van der Waals surface area contributed by atoms with Gasteiger partial charge in [0.1, 0.15) is 24.2 Å². The summed E-state index contributed by atoms with van der Waals surface area (Å²) in [6.45, 7) is 12.1. The molecule has 1 unspecified atom stereocenters. The van der Waals surface area contributed by atoms with Crippen molar-refractivity contribution in [2.24, 2.45) is 11.8 Å². The molecule has 338 valence electrons. The van der Waals surface area contributed by atoms with Crippen LogP contribution in [-0.4, -0.2) is 109 Å². The van der Waals surface area contributed by atoms with E-state index in [9.17, 15) is 28.8 Å². The Kier molecular flexibility index (Phi) is 15.5. The summed E-state index contributed by atoms with van der Waals surface area (Å²) in [5.41, 5.74) is 6.87. The molecule has 2 aliphatic carbocycles. The number of rotatable bonds is 15. The molecule has 2 fully saturated rings. The summed E-state index contributed by atoms with van der Waals surface area (Å²) in [7, 11) is 3.40. The van der Waals surface area contributed by atoms with E-state index in [1.54, 1.807) is 37.7 Å². The van der Waals surface area contributed by atoms with Crippen molar-refractivity contribution in [3.05, 3.63) is 58.7 Å². The third-order valence-corrected chi connectivity index (χ3v) is 13.7. The van der Waals surface area contributed by atoms with E-state index >= 15 is 0 Å². The van der Waals surface area contributed by atoms with Gasteiger partial charge in [-0.15, -0.1) is 0 Å². The first-order chi connectivity index (χ1) is 29.7. The van der Waals surface area contributed by atoms with Crippen LogP contribution >= 0.6 is 0 Å². The van der Waals surface area contributed by atoms with Gasteiger partial charge in [0.15, 0.2) is 0 Å². The summed E-state index contributed by atoms with van der Waals surface area (Å²) < 4.78 is 0. The van der Waals surface area contributed by atoms with Crippen molar-refractivity contribution in [1.29, 1.82) is 0 Å². The molecule has 2 saturated heterocycles. The molecule has 2 aromatic carbocycles. The van der Waals surface area contributed by atoms with E-state index < -0.39 is 36.3 Å². The van der Waals surface area contributed by atoms with Crippen molar-refractivity contribution in [3.8, 4) is 11.1 Å². The second-order valence-corrected chi connectivity index (χ2v) is 18.5. The molecule has 6 N–H and O–H groups in total. The molecule has 0 aromatic heterocycles. The highest BCUT2D eigenvalue weighted by molar-refractivity contribution is 5.95. The van der Waals surface area contributed by atoms with Gasteiger partial charge in [-0.1, -0.05) is 64.1 Å². The highest BCUT2D eigenvalue weighted by atomic mass is 16.2. The number of fused-ring (bicyclic) bond motifs is 2. The molecule has 2 aliphatic heterocycles. The Morgan fingerprint density at radius 1 is 0.548 bits per heavy atom. The van der Waals surface area contributed by atoms with Crippen LogP contribution in [0.1, 0.15) is 127 Å². The Balaban J connectivity index is 1.17. The number of carbonyl (C=O) groups is 6. The van der Waals surface area contributed by atoms with E-state index in [1.165, 1.54) is 11.1 Å². The van der Waals surface area contributed by atoms with E-state index in [0.717, 1.165) is 60.8 Å². The van der Waals surface area contributed by atoms with Crippen molar-refractivity contribution in [1.82, 2.24) is 41.7 Å². The van der Waals surface area contributed by atoms with Crippen LogP contribution in [0.3, 0.4) is 0 Å². The van der Waals surface area contributed by atoms with E-state index in [4.69, 9.17) is 0 Å². The number of likely N-dealkylation sites (tertiary alicyclic amines) is 2. The predicted octanol–water partition coefficient (Wildman–Crippen LogP) is 3.82. The molecule has 8 atom stereocenters. The molecule has 0 spiro atoms. The molecule has 2 heterocycles. The molecule has 6 rings (SSSR count). The molecule has 6 amide bonds. The van der Waals surface area contributed by atoms with Gasteiger partial charge in [-0.2, -0.15) is 0 Å². The van der Waals surface area contributed by atoms with E-state index in [2.05, 4.69) is 68.3 Å². The SMILES string of the molecule is CN[C@@H](C)C(=O)NC(C(=O)N1CCC[C@H]1C(=O)N[C@@H]1CCCc2c(-c3cccc4c3CCC[C@H]4NC(=O)[C@@H]3CCCN3C(=O)[C@@H](NC(=O)[C@H](C)NC)C(C)C)cccc21)C(C)C. The van der Waals surface area contributed by atoms with Crippen LogP contribution in [0.15, 0.2) is 36.4 Å². The van der Waals surface area contributed by atoms with Crippen molar-refractivity contribution in [2.75, 3.05) is 27.2 Å². The average Bonchev–Trinajstić information content (AvgIpc) is 3.97. The van der Waals surface area contributed by atoms with Gasteiger partial charge in [0.25, 0.3) is 0 Å². The van der Waals surface area contributed by atoms with E-state index in [1.807, 2.05) is 27.7 Å². The predicted molar refractivity (Wildman–Crippen MR) is 240 cm³/mol. The highest BCUT2D eigenvalue weighted by Crippen LogP contribution is 2.42. The Labute approximate surface area is 367 Å². The summed E-state index contributed by atoms with van der Waals surface area (Å²) in [6.07, 6.45) is 7.67. The first-order valence-electron chi connectivity index (χ1n) is 23.1. The third-order valence-electron chi connectivity index (χ3n) is 13.7. The molecule has 0 saturated carbocycles. The van der Waals surface area contributed by atoms with Gasteiger partial charge < -0.3 is 41.7 Å². The van der Waals surface area contributed by atoms with Gasteiger partial charge in [0, 0.05) is 13.1 Å². The molecule has 62 heavy (non-hydrogen) atoms. The fraction of sp³-hybridized carbons (Fsp3) is 0.625. The summed E-state index contributed by atoms with van der Waals surface area (Å²) >= 11 is 0. The number of carbonyl (C=O) groups excluding carboxylic acids is 6. The van der Waals surface area contributed by atoms with Crippen LogP contribution in [0.2, 0.25) is 0 Å². The molecule has 0 bridgehead atoms. The van der Waals surface area contributed by atoms with Gasteiger partial charge in [0.05, 0.1) is 24.2 Å². The Morgan fingerprint density at radius 2 is 0.935 bits per heavy atom. The van der Waals surface area contributed by atoms with Crippen molar-refractivity contribution < 1.29 is 28.8 Å². The van der Waals surface area contributed by atoms with Gasteiger partial charge in [-0.3, -0.25) is 28.8 Å². The minimum absolute atomic E-state index is 0.149. The van der Waals surface area contributed by atoms with Crippen LogP contribution in [0.25, 0.3) is 11.1 Å². The second-order valence-electron chi connectivity index (χ2n) is 18.5. The number of amides is 6. The standard InChI is InChI=1S/C48H70N8O6/c1-27(2)41(53-43(57)29(5)49-7)47(61)55-25-13-23-39(55)45(59)51-37-21-11-17-33-31(15-9-19-35(33)37)32-16-10-20-36-34(32)18-12-22-38(36)52-46(60)40-24-14-26-56(40)48(62)42(28(3)4)54-44(58)30(6)50-8/h9-10,15-16,19-20,27-30,37-42,49-50H,11-14,17-18,21-26H2,1-8H3,(H,51,59)(H,52,60)(H,53,57)(H,54,58)/t29-,30-,37+,38+,39-,40-,41-,42?/m0/s1. The topological polar surface area (TPSA) is 181 Å². The van der Waals surface area contributed by atoms with Crippen LogP contribution in [-0.2, 0) is 41.6 Å². The number of likely N-dealkylation sites (N-methyl/N-ethyl adjacent to an activating group) is 2. The van der Waals surface area contributed by atoms with E-state index in [-0.39, 0.29) is 59.4 Å². The minimum atomic E-state index is -0.730. The molecule has 14 heteroatoms. The van der Waals surface area contributed by atoms with Crippen LogP contribution in [0.5, 0.6) is 0 Å². The van der Waals surface area contributed by atoms with Gasteiger partial charge in [-0.25, -0.2) is 0 Å². The maximum atomic E-state index is 14.1. The lowest BCUT2D eigenvalue weighted by Gasteiger charge is -2.34. The lowest BCUT2D eigenvalue weighted by atomic mass is 9.78. The normalized spacial score (nSPS) is 22.9. The van der Waals surface area contributed by atoms with Crippen LogP contribution in [0, 0.1) is 11.8 Å². The molecule has 0 radical (unpaired) electrons. The van der Waals surface area contributed by atoms with Crippen molar-refractivity contribution >= 4 is 35.4 Å². The number of nitrogens with zero attached hydrogens (tertiary/aromatic N) is 2. The lowest BCUT2D eigenvalue weighted by molar-refractivity contribution is -0.142. The zero-order chi connectivity index (χ0) is 44.8. The monoisotopic (exact) mass is 855 g/mol. The fourth-order valence-corrected chi connectivity index (χ4v) is 9.85. The molecule has 14 nitrogen and oxygen atoms in total. The second kappa shape index (κ2) is 20.6. The Hall–Kier alpha value is -4.82. The number of benzene rings is 2. The summed E-state index contributed by atoms with van der Waals surface area (Å²) in [5, 5.41) is 18.4. The van der Waals surface area contributed by atoms with Crippen LogP contribution < -0.4 is 31.9 Å². The van der Waals surface area contributed by atoms with Gasteiger partial charge in [0.2, 0.25) is 35.4 Å². The summed E-state index contributed by atoms with van der Waals surface area (Å²) in [6, 6.07) is 8.67. The van der Waals surface area contributed by atoms with E-state index in [0.29, 0.717) is 38.8 Å². The molecular weight excluding hydrogens is 785 g/mol. The Morgan fingerprint density at radius 3 is 1.29 bits per heavy atom. The maximum Gasteiger partial charge on any atom is 0.246 e. The van der Waals surface area contributed by atoms with Gasteiger partial charge >= 0.3 is 0 Å². The minimum Gasteiger partial charge on any atom is -0.347 e. The quantitative estimate of drug-likeness (QED) is 0.157. The van der Waals surface area contributed by atoms with Crippen molar-refractivity contribution in [2.45, 2.75) is 154 Å². The van der Waals surface area contributed by atoms with Crippen LogP contribution in [0.4, 0.5) is 0 Å². The number of hydrogen-bond donors (Lipinski definition) is 6. The lowest BCUT2D eigenvalue weighted by Crippen LogP contribution is -2.57. The molecule has 4 aliphatic rings. The Bertz CT molecular complexity index is 1850. The third kappa shape index (κ3) is 10.0. The smallest absolute Gasteiger partial charge is 0.246 e.